The highest BCUT2D eigenvalue weighted by atomic mass is 79.9. The molecule has 38 heavy (non-hydrogen) atoms. The zero-order valence-electron chi connectivity index (χ0n) is 21.2. The van der Waals surface area contributed by atoms with Crippen molar-refractivity contribution in [3.8, 4) is 0 Å². The molecule has 1 aliphatic rings. The van der Waals surface area contributed by atoms with Crippen molar-refractivity contribution < 1.29 is 14.0 Å². The summed E-state index contributed by atoms with van der Waals surface area (Å²) < 4.78 is 16.2. The normalized spacial score (nSPS) is 17.7. The van der Waals surface area contributed by atoms with Crippen LogP contribution < -0.4 is 10.6 Å². The molecule has 2 aromatic heterocycles. The van der Waals surface area contributed by atoms with Crippen LogP contribution in [0.15, 0.2) is 77.7 Å². The van der Waals surface area contributed by atoms with Gasteiger partial charge in [-0.05, 0) is 74.1 Å². The molecule has 1 fully saturated rings. The van der Waals surface area contributed by atoms with Gasteiger partial charge < -0.3 is 10.6 Å². The van der Waals surface area contributed by atoms with Crippen molar-refractivity contribution in [2.45, 2.75) is 50.6 Å². The lowest BCUT2D eigenvalue weighted by molar-refractivity contribution is -0.130. The predicted molar refractivity (Wildman–Crippen MR) is 146 cm³/mol. The molecule has 0 unspecified atom stereocenters. The van der Waals surface area contributed by atoms with Crippen LogP contribution in [0, 0.1) is 11.7 Å². The van der Waals surface area contributed by atoms with Gasteiger partial charge in [0.2, 0.25) is 17.6 Å². The van der Waals surface area contributed by atoms with Crippen molar-refractivity contribution in [3.63, 3.8) is 0 Å². The van der Waals surface area contributed by atoms with E-state index in [4.69, 9.17) is 0 Å². The molecule has 2 N–H and O–H groups in total. The fourth-order valence-corrected chi connectivity index (χ4v) is 5.13. The summed E-state index contributed by atoms with van der Waals surface area (Å²) in [6, 6.07) is 15.2. The van der Waals surface area contributed by atoms with E-state index in [1.54, 1.807) is 30.6 Å². The fraction of sp³-hybridized carbons (Fsp3) is 0.310. The van der Waals surface area contributed by atoms with Crippen molar-refractivity contribution in [3.05, 3.63) is 100 Å². The van der Waals surface area contributed by atoms with E-state index < -0.39 is 11.6 Å². The van der Waals surface area contributed by atoms with E-state index in [9.17, 15) is 14.0 Å². The average molecular weight is 578 g/mol. The zero-order chi connectivity index (χ0) is 26.9. The molecule has 2 aromatic carbocycles. The number of fused-ring (bicyclic) bond motifs is 1. The molecule has 196 valence electrons. The molecule has 1 aliphatic carbocycles. The second kappa shape index (κ2) is 10.6. The van der Waals surface area contributed by atoms with Crippen LogP contribution in [0.3, 0.4) is 0 Å². The number of aromatic nitrogens is 3. The molecule has 0 bridgehead atoms. The van der Waals surface area contributed by atoms with Crippen LogP contribution >= 0.6 is 15.9 Å². The molecule has 7 nitrogen and oxygen atoms in total. The van der Waals surface area contributed by atoms with Crippen molar-refractivity contribution in [1.82, 2.24) is 25.0 Å². The minimum Gasteiger partial charge on any atom is -0.349 e. The summed E-state index contributed by atoms with van der Waals surface area (Å²) in [6.07, 6.45) is 6.69. The van der Waals surface area contributed by atoms with Gasteiger partial charge in [0, 0.05) is 40.4 Å². The summed E-state index contributed by atoms with van der Waals surface area (Å²) in [5.74, 6) is -0.236. The molecule has 3 atom stereocenters. The standard InChI is InChI=1S/C29H29BrFN5O2/c1-29(2,16-18-4-10-21(31)11-5-18)35-27(38)25(14-22-17-33-28-32-12-3-13-36(22)28)34-26(37)24-15-23(24)19-6-8-20(30)9-7-19/h3-13,17,23-25H,14-16H2,1-2H3,(H,34,37)(H,35,38)/t23-,24+,25-/m1/s1. The van der Waals surface area contributed by atoms with E-state index in [0.29, 0.717) is 12.2 Å². The van der Waals surface area contributed by atoms with E-state index in [1.807, 2.05) is 48.7 Å². The van der Waals surface area contributed by atoms with Gasteiger partial charge in [0.05, 0.1) is 6.20 Å². The van der Waals surface area contributed by atoms with E-state index in [-0.39, 0.29) is 35.9 Å². The number of nitrogens with zero attached hydrogens (tertiary/aromatic N) is 3. The summed E-state index contributed by atoms with van der Waals surface area (Å²) in [4.78, 5) is 35.5. The molecule has 5 rings (SSSR count). The summed E-state index contributed by atoms with van der Waals surface area (Å²) in [6.45, 7) is 3.82. The Morgan fingerprint density at radius 3 is 2.61 bits per heavy atom. The van der Waals surface area contributed by atoms with Crippen molar-refractivity contribution >= 4 is 33.5 Å². The van der Waals surface area contributed by atoms with Crippen molar-refractivity contribution in [1.29, 1.82) is 0 Å². The molecule has 9 heteroatoms. The van der Waals surface area contributed by atoms with Gasteiger partial charge in [-0.1, -0.05) is 40.2 Å². The first kappa shape index (κ1) is 26.0. The number of nitrogens with one attached hydrogen (secondary N) is 2. The van der Waals surface area contributed by atoms with Gasteiger partial charge in [-0.25, -0.2) is 14.4 Å². The van der Waals surface area contributed by atoms with Gasteiger partial charge in [0.1, 0.15) is 11.9 Å². The number of imidazole rings is 1. The molecular formula is C29H29BrFN5O2. The smallest absolute Gasteiger partial charge is 0.243 e. The highest BCUT2D eigenvalue weighted by Crippen LogP contribution is 2.47. The third-order valence-electron chi connectivity index (χ3n) is 6.86. The van der Waals surface area contributed by atoms with Crippen LogP contribution in [0.25, 0.3) is 5.78 Å². The van der Waals surface area contributed by atoms with Gasteiger partial charge in [-0.2, -0.15) is 0 Å². The number of hydrogen-bond acceptors (Lipinski definition) is 4. The molecule has 0 saturated heterocycles. The Labute approximate surface area is 229 Å². The first-order valence-corrected chi connectivity index (χ1v) is 13.4. The number of halogens is 2. The highest BCUT2D eigenvalue weighted by Gasteiger charge is 2.45. The number of amides is 2. The first-order chi connectivity index (χ1) is 18.2. The molecule has 0 aliphatic heterocycles. The van der Waals surface area contributed by atoms with E-state index >= 15 is 0 Å². The lowest BCUT2D eigenvalue weighted by Gasteiger charge is -2.29. The SMILES string of the molecule is CC(C)(Cc1ccc(F)cc1)NC(=O)[C@@H](Cc1cnc2ncccn12)NC(=O)[C@H]1C[C@@H]1c1ccc(Br)cc1. The van der Waals surface area contributed by atoms with Gasteiger partial charge in [-0.15, -0.1) is 0 Å². The molecule has 2 amide bonds. The molecule has 1 saturated carbocycles. The Morgan fingerprint density at radius 1 is 1.13 bits per heavy atom. The number of hydrogen-bond donors (Lipinski definition) is 2. The maximum absolute atomic E-state index is 13.6. The number of benzene rings is 2. The summed E-state index contributed by atoms with van der Waals surface area (Å²) in [5.41, 5.74) is 2.16. The summed E-state index contributed by atoms with van der Waals surface area (Å²) in [5, 5.41) is 6.11. The third-order valence-corrected chi connectivity index (χ3v) is 7.39. The molecular weight excluding hydrogens is 549 g/mol. The lowest BCUT2D eigenvalue weighted by Crippen LogP contribution is -2.55. The number of carbonyl (C=O) groups is 2. The van der Waals surface area contributed by atoms with Gasteiger partial charge in [0.15, 0.2) is 0 Å². The molecule has 4 aromatic rings. The predicted octanol–water partition coefficient (Wildman–Crippen LogP) is 4.60. The fourth-order valence-electron chi connectivity index (χ4n) is 4.87. The van der Waals surface area contributed by atoms with Gasteiger partial charge in [-0.3, -0.25) is 14.0 Å². The molecule has 0 radical (unpaired) electrons. The topological polar surface area (TPSA) is 88.4 Å². The highest BCUT2D eigenvalue weighted by molar-refractivity contribution is 9.10. The van der Waals surface area contributed by atoms with Crippen molar-refractivity contribution in [2.75, 3.05) is 0 Å². The minimum absolute atomic E-state index is 0.138. The summed E-state index contributed by atoms with van der Waals surface area (Å²) >= 11 is 3.45. The second-order valence-corrected chi connectivity index (χ2v) is 11.4. The Morgan fingerprint density at radius 2 is 1.87 bits per heavy atom. The van der Waals surface area contributed by atoms with Crippen molar-refractivity contribution in [2.24, 2.45) is 5.92 Å². The van der Waals surface area contributed by atoms with Gasteiger partial charge >= 0.3 is 0 Å². The number of carbonyl (C=O) groups excluding carboxylic acids is 2. The Bertz CT molecular complexity index is 1450. The van der Waals surface area contributed by atoms with Crippen LogP contribution in [-0.2, 0) is 22.4 Å². The molecule has 0 spiro atoms. The Kier molecular flexibility index (Phi) is 7.29. The first-order valence-electron chi connectivity index (χ1n) is 12.6. The van der Waals surface area contributed by atoms with E-state index in [1.165, 1.54) is 12.1 Å². The van der Waals surface area contributed by atoms with E-state index in [2.05, 4.69) is 36.5 Å². The average Bonchev–Trinajstić information content (AvgIpc) is 3.59. The quantitative estimate of drug-likeness (QED) is 0.304. The van der Waals surface area contributed by atoms with Gasteiger partial charge in [0.25, 0.3) is 0 Å². The zero-order valence-corrected chi connectivity index (χ0v) is 22.8. The van der Waals surface area contributed by atoms with Crippen LogP contribution in [-0.4, -0.2) is 37.8 Å². The maximum atomic E-state index is 13.6. The van der Waals surface area contributed by atoms with Crippen LogP contribution in [0.2, 0.25) is 0 Å². The second-order valence-electron chi connectivity index (χ2n) is 10.5. The van der Waals surface area contributed by atoms with Crippen LogP contribution in [0.4, 0.5) is 4.39 Å². The van der Waals surface area contributed by atoms with Crippen LogP contribution in [0.1, 0.15) is 43.0 Å². The monoisotopic (exact) mass is 577 g/mol. The summed E-state index contributed by atoms with van der Waals surface area (Å²) in [7, 11) is 0. The Hall–Kier alpha value is -3.59. The van der Waals surface area contributed by atoms with E-state index in [0.717, 1.165) is 27.7 Å². The van der Waals surface area contributed by atoms with Crippen LogP contribution in [0.5, 0.6) is 0 Å². The maximum Gasteiger partial charge on any atom is 0.243 e. The lowest BCUT2D eigenvalue weighted by atomic mass is 9.94. The Balaban J connectivity index is 1.32. The molecule has 2 heterocycles. The largest absolute Gasteiger partial charge is 0.349 e. The third kappa shape index (κ3) is 6.10. The number of rotatable bonds is 9. The minimum atomic E-state index is -0.804.